The van der Waals surface area contributed by atoms with Crippen LogP contribution in [0.4, 0.5) is 0 Å². The fourth-order valence-corrected chi connectivity index (χ4v) is 1.81. The van der Waals surface area contributed by atoms with Crippen LogP contribution < -0.4 is 0 Å². The van der Waals surface area contributed by atoms with Crippen LogP contribution in [-0.2, 0) is 9.53 Å². The molecule has 0 aromatic heterocycles. The van der Waals surface area contributed by atoms with Crippen molar-refractivity contribution < 1.29 is 14.6 Å². The summed E-state index contributed by atoms with van der Waals surface area (Å²) in [6.45, 7) is 5.95. The fraction of sp³-hybridized carbons (Fsp3) is 0.727. The highest BCUT2D eigenvalue weighted by atomic mass is 16.5. The molecular formula is C11H19NO3. The lowest BCUT2D eigenvalue weighted by molar-refractivity contribution is -0.138. The van der Waals surface area contributed by atoms with Crippen LogP contribution in [0.15, 0.2) is 12.7 Å². The Hall–Kier alpha value is -0.870. The Balaban J connectivity index is 2.23. The van der Waals surface area contributed by atoms with Crippen LogP contribution in [0.1, 0.15) is 19.3 Å². The van der Waals surface area contributed by atoms with Gasteiger partial charge in [-0.05, 0) is 19.3 Å². The van der Waals surface area contributed by atoms with Crippen molar-refractivity contribution in [3.63, 3.8) is 0 Å². The molecule has 1 rings (SSSR count). The van der Waals surface area contributed by atoms with Crippen molar-refractivity contribution in [1.82, 2.24) is 4.90 Å². The average Bonchev–Trinajstić information content (AvgIpc) is 2.66. The first-order valence-electron chi connectivity index (χ1n) is 5.39. The molecule has 86 valence electrons. The summed E-state index contributed by atoms with van der Waals surface area (Å²) in [6.07, 6.45) is 5.21. The van der Waals surface area contributed by atoms with Gasteiger partial charge in [0.05, 0.1) is 12.6 Å². The van der Waals surface area contributed by atoms with Crippen LogP contribution in [0.2, 0.25) is 0 Å². The van der Waals surface area contributed by atoms with E-state index in [-0.39, 0.29) is 6.54 Å². The molecule has 0 aromatic carbocycles. The predicted molar refractivity (Wildman–Crippen MR) is 57.9 cm³/mol. The standard InChI is InChI=1S/C11H19NO3/c1-2-6-12(9-11(13)14)7-5-10-4-3-8-15-10/h2,10H,1,3-9H2,(H,13,14). The maximum atomic E-state index is 10.6. The van der Waals surface area contributed by atoms with Crippen LogP contribution in [0.3, 0.4) is 0 Å². The number of ether oxygens (including phenoxy) is 1. The topological polar surface area (TPSA) is 49.8 Å². The summed E-state index contributed by atoms with van der Waals surface area (Å²) in [5.74, 6) is -0.788. The molecule has 1 aliphatic heterocycles. The van der Waals surface area contributed by atoms with Gasteiger partial charge >= 0.3 is 5.97 Å². The number of nitrogens with zero attached hydrogens (tertiary/aromatic N) is 1. The molecule has 1 saturated heterocycles. The van der Waals surface area contributed by atoms with E-state index < -0.39 is 5.97 Å². The maximum absolute atomic E-state index is 10.6. The second-order valence-electron chi connectivity index (χ2n) is 3.84. The lowest BCUT2D eigenvalue weighted by atomic mass is 10.2. The van der Waals surface area contributed by atoms with Crippen molar-refractivity contribution in [2.75, 3.05) is 26.2 Å². The normalized spacial score (nSPS) is 20.7. The lowest BCUT2D eigenvalue weighted by Crippen LogP contribution is -2.32. The Kier molecular flexibility index (Phi) is 5.36. The molecule has 1 unspecified atom stereocenters. The Morgan fingerprint density at radius 3 is 3.00 bits per heavy atom. The van der Waals surface area contributed by atoms with Gasteiger partial charge in [0.2, 0.25) is 0 Å². The summed E-state index contributed by atoms with van der Waals surface area (Å²) in [5.41, 5.74) is 0. The zero-order valence-electron chi connectivity index (χ0n) is 9.02. The highest BCUT2D eigenvalue weighted by Crippen LogP contribution is 2.15. The minimum atomic E-state index is -0.788. The second-order valence-corrected chi connectivity index (χ2v) is 3.84. The van der Waals surface area contributed by atoms with E-state index in [0.29, 0.717) is 12.6 Å². The molecule has 4 nitrogen and oxygen atoms in total. The minimum Gasteiger partial charge on any atom is -0.480 e. The largest absolute Gasteiger partial charge is 0.480 e. The van der Waals surface area contributed by atoms with Gasteiger partial charge in [-0.3, -0.25) is 9.69 Å². The Labute approximate surface area is 90.5 Å². The van der Waals surface area contributed by atoms with Crippen molar-refractivity contribution in [2.24, 2.45) is 0 Å². The smallest absolute Gasteiger partial charge is 0.317 e. The van der Waals surface area contributed by atoms with Gasteiger partial charge in [-0.2, -0.15) is 0 Å². The van der Waals surface area contributed by atoms with Gasteiger partial charge in [-0.1, -0.05) is 6.08 Å². The van der Waals surface area contributed by atoms with E-state index in [1.165, 1.54) is 0 Å². The van der Waals surface area contributed by atoms with Gasteiger partial charge in [0, 0.05) is 19.7 Å². The molecule has 1 fully saturated rings. The highest BCUT2D eigenvalue weighted by Gasteiger charge is 2.17. The maximum Gasteiger partial charge on any atom is 0.317 e. The fourth-order valence-electron chi connectivity index (χ4n) is 1.81. The summed E-state index contributed by atoms with van der Waals surface area (Å²) in [7, 11) is 0. The predicted octanol–water partition coefficient (Wildman–Crippen LogP) is 1.13. The van der Waals surface area contributed by atoms with Gasteiger partial charge in [0.15, 0.2) is 0 Å². The van der Waals surface area contributed by atoms with Crippen molar-refractivity contribution in [3.8, 4) is 0 Å². The number of carbonyl (C=O) groups is 1. The molecule has 1 heterocycles. The molecule has 0 bridgehead atoms. The number of hydrogen-bond acceptors (Lipinski definition) is 3. The van der Waals surface area contributed by atoms with Crippen molar-refractivity contribution >= 4 is 5.97 Å². The number of hydrogen-bond donors (Lipinski definition) is 1. The molecule has 0 radical (unpaired) electrons. The first kappa shape index (κ1) is 12.2. The van der Waals surface area contributed by atoms with Crippen molar-refractivity contribution in [1.29, 1.82) is 0 Å². The summed E-state index contributed by atoms with van der Waals surface area (Å²) in [5, 5.41) is 8.70. The zero-order valence-corrected chi connectivity index (χ0v) is 9.02. The number of carboxylic acids is 1. The molecule has 15 heavy (non-hydrogen) atoms. The van der Waals surface area contributed by atoms with E-state index >= 15 is 0 Å². The Morgan fingerprint density at radius 1 is 1.67 bits per heavy atom. The molecule has 0 aliphatic carbocycles. The van der Waals surface area contributed by atoms with Gasteiger partial charge in [-0.25, -0.2) is 0 Å². The molecular weight excluding hydrogens is 194 g/mol. The first-order valence-corrected chi connectivity index (χ1v) is 5.39. The SMILES string of the molecule is C=CCN(CCC1CCCO1)CC(=O)O. The molecule has 1 N–H and O–H groups in total. The van der Waals surface area contributed by atoms with E-state index in [1.54, 1.807) is 6.08 Å². The minimum absolute atomic E-state index is 0.0821. The first-order chi connectivity index (χ1) is 7.22. The number of carboxylic acid groups (broad SMARTS) is 1. The van der Waals surface area contributed by atoms with E-state index in [9.17, 15) is 4.79 Å². The molecule has 0 aromatic rings. The Morgan fingerprint density at radius 2 is 2.47 bits per heavy atom. The summed E-state index contributed by atoms with van der Waals surface area (Å²) < 4.78 is 5.49. The molecule has 4 heteroatoms. The monoisotopic (exact) mass is 213 g/mol. The van der Waals surface area contributed by atoms with E-state index in [0.717, 1.165) is 32.4 Å². The van der Waals surface area contributed by atoms with Gasteiger partial charge in [-0.15, -0.1) is 6.58 Å². The summed E-state index contributed by atoms with van der Waals surface area (Å²) >= 11 is 0. The van der Waals surface area contributed by atoms with Crippen LogP contribution in [0, 0.1) is 0 Å². The molecule has 0 spiro atoms. The highest BCUT2D eigenvalue weighted by molar-refractivity contribution is 5.69. The molecule has 1 atom stereocenters. The third kappa shape index (κ3) is 4.95. The van der Waals surface area contributed by atoms with Crippen molar-refractivity contribution in [3.05, 3.63) is 12.7 Å². The van der Waals surface area contributed by atoms with E-state index in [1.807, 2.05) is 4.90 Å². The van der Waals surface area contributed by atoms with Gasteiger partial charge in [0.1, 0.15) is 0 Å². The van der Waals surface area contributed by atoms with E-state index in [2.05, 4.69) is 6.58 Å². The summed E-state index contributed by atoms with van der Waals surface area (Å²) in [6, 6.07) is 0. The summed E-state index contributed by atoms with van der Waals surface area (Å²) in [4.78, 5) is 12.4. The lowest BCUT2D eigenvalue weighted by Gasteiger charge is -2.20. The Bertz CT molecular complexity index is 212. The third-order valence-corrected chi connectivity index (χ3v) is 2.54. The second kappa shape index (κ2) is 6.58. The number of aliphatic carboxylic acids is 1. The molecule has 0 amide bonds. The number of rotatable bonds is 7. The molecule has 0 saturated carbocycles. The van der Waals surface area contributed by atoms with Crippen LogP contribution in [0.5, 0.6) is 0 Å². The quantitative estimate of drug-likeness (QED) is 0.644. The molecule has 1 aliphatic rings. The van der Waals surface area contributed by atoms with Crippen LogP contribution >= 0.6 is 0 Å². The van der Waals surface area contributed by atoms with Crippen LogP contribution in [0.25, 0.3) is 0 Å². The van der Waals surface area contributed by atoms with Crippen molar-refractivity contribution in [2.45, 2.75) is 25.4 Å². The van der Waals surface area contributed by atoms with Gasteiger partial charge in [0.25, 0.3) is 0 Å². The van der Waals surface area contributed by atoms with E-state index in [4.69, 9.17) is 9.84 Å². The van der Waals surface area contributed by atoms with Crippen LogP contribution in [-0.4, -0.2) is 48.3 Å². The average molecular weight is 213 g/mol. The third-order valence-electron chi connectivity index (χ3n) is 2.54. The zero-order chi connectivity index (χ0) is 11.1. The van der Waals surface area contributed by atoms with Gasteiger partial charge < -0.3 is 9.84 Å².